The van der Waals surface area contributed by atoms with Crippen LogP contribution in [-0.4, -0.2) is 46.6 Å². The fourth-order valence-electron chi connectivity index (χ4n) is 3.30. The molecule has 3 rings (SSSR count). The lowest BCUT2D eigenvalue weighted by Gasteiger charge is -2.27. The van der Waals surface area contributed by atoms with E-state index < -0.39 is 66.7 Å². The van der Waals surface area contributed by atoms with Crippen LogP contribution in [0.25, 0.3) is 0 Å². The molecule has 202 valence electrons. The van der Waals surface area contributed by atoms with Crippen molar-refractivity contribution >= 4 is 23.2 Å². The molecule has 8 nitrogen and oxygen atoms in total. The molecule has 0 fully saturated rings. The van der Waals surface area contributed by atoms with Gasteiger partial charge >= 0.3 is 18.5 Å². The van der Waals surface area contributed by atoms with Crippen LogP contribution in [0.15, 0.2) is 29.4 Å². The van der Waals surface area contributed by atoms with E-state index in [1.807, 2.05) is 0 Å². The number of amides is 2. The maximum Gasteiger partial charge on any atom is 0.437 e. The molecular weight excluding hydrogens is 529 g/mol. The van der Waals surface area contributed by atoms with Gasteiger partial charge in [-0.05, 0) is 36.2 Å². The fourth-order valence-corrected chi connectivity index (χ4v) is 3.30. The number of benzene rings is 1. The second-order valence-electron chi connectivity index (χ2n) is 7.94. The number of halogens is 9. The molecule has 37 heavy (non-hydrogen) atoms. The first kappa shape index (κ1) is 27.8. The Morgan fingerprint density at radius 3 is 2.27 bits per heavy atom. The fraction of sp³-hybridized carbons (Fsp3) is 0.400. The number of aryl methyl sites for hydroxylation is 1. The second-order valence-corrected chi connectivity index (χ2v) is 7.94. The smallest absolute Gasteiger partial charge is 0.372 e. The Labute approximate surface area is 201 Å². The zero-order valence-electron chi connectivity index (χ0n) is 18.5. The van der Waals surface area contributed by atoms with Gasteiger partial charge in [0.25, 0.3) is 5.60 Å². The van der Waals surface area contributed by atoms with Crippen LogP contribution < -0.4 is 10.6 Å². The molecule has 0 spiro atoms. The first-order chi connectivity index (χ1) is 16.9. The van der Waals surface area contributed by atoms with E-state index in [1.165, 1.54) is 30.4 Å². The monoisotopic (exact) mass is 545 g/mol. The highest BCUT2D eigenvalue weighted by atomic mass is 19.4. The van der Waals surface area contributed by atoms with Crippen LogP contribution in [0.2, 0.25) is 0 Å². The third kappa shape index (κ3) is 6.32. The van der Waals surface area contributed by atoms with Crippen LogP contribution in [0.3, 0.4) is 0 Å². The predicted molar refractivity (Wildman–Crippen MR) is 107 cm³/mol. The molecule has 0 saturated heterocycles. The first-order valence-corrected chi connectivity index (χ1v) is 10.1. The molecule has 2 heterocycles. The number of alkyl halides is 9. The number of hydrogen-bond donors (Lipinski definition) is 3. The van der Waals surface area contributed by atoms with Gasteiger partial charge in [-0.1, -0.05) is 11.2 Å². The zero-order valence-corrected chi connectivity index (χ0v) is 18.5. The van der Waals surface area contributed by atoms with Gasteiger partial charge in [0.1, 0.15) is 13.0 Å². The minimum Gasteiger partial charge on any atom is -0.372 e. The van der Waals surface area contributed by atoms with Crippen molar-refractivity contribution in [3.63, 3.8) is 0 Å². The highest BCUT2D eigenvalue weighted by Gasteiger charge is 2.64. The third-order valence-electron chi connectivity index (χ3n) is 5.13. The summed E-state index contributed by atoms with van der Waals surface area (Å²) in [6.45, 7) is -0.187. The Hall–Kier alpha value is -3.79. The van der Waals surface area contributed by atoms with Crippen molar-refractivity contribution in [2.75, 3.05) is 11.9 Å². The molecule has 1 aromatic heterocycles. The van der Waals surface area contributed by atoms with E-state index in [0.717, 1.165) is 0 Å². The lowest BCUT2D eigenvalue weighted by Crippen LogP contribution is -2.43. The van der Waals surface area contributed by atoms with E-state index in [0.29, 0.717) is 0 Å². The van der Waals surface area contributed by atoms with E-state index in [9.17, 15) is 49.1 Å². The largest absolute Gasteiger partial charge is 0.437 e. The summed E-state index contributed by atoms with van der Waals surface area (Å²) in [6, 6.07) is 3.95. The number of aromatic nitrogens is 2. The SMILES string of the molecule is Cc1cc(C2=NOC(c3cc(C(F)(F)F)n[nH]3)(C(F)(F)F)C2)ccc1NC(=O)CC(=O)NCC(F)(F)F. The highest BCUT2D eigenvalue weighted by Crippen LogP contribution is 2.49. The van der Waals surface area contributed by atoms with E-state index in [2.05, 4.69) is 20.4 Å². The quantitative estimate of drug-likeness (QED) is 0.371. The summed E-state index contributed by atoms with van der Waals surface area (Å²) in [5.41, 5.74) is -5.66. The molecule has 1 aromatic carbocycles. The molecule has 1 unspecified atom stereocenters. The number of carbonyl (C=O) groups is 2. The number of aromatic amines is 1. The number of H-pyrrole nitrogens is 1. The third-order valence-corrected chi connectivity index (χ3v) is 5.13. The molecule has 2 aromatic rings. The molecule has 17 heteroatoms. The van der Waals surface area contributed by atoms with Gasteiger partial charge in [-0.15, -0.1) is 0 Å². The molecule has 1 aliphatic rings. The number of anilines is 1. The molecule has 1 aliphatic heterocycles. The Morgan fingerprint density at radius 2 is 1.73 bits per heavy atom. The Morgan fingerprint density at radius 1 is 1.05 bits per heavy atom. The van der Waals surface area contributed by atoms with Crippen molar-refractivity contribution in [1.82, 2.24) is 15.5 Å². The van der Waals surface area contributed by atoms with E-state index in [1.54, 1.807) is 5.10 Å². The minimum atomic E-state index is -5.19. The standard InChI is InChI=1S/C20H16F9N5O3/c1-9-4-10(2-3-11(9)31-16(36)6-15(35)30-8-18(21,22)23)12-7-17(37-34-12,20(27,28)29)13-5-14(33-32-13)19(24,25)26/h2-5H,6-8H2,1H3,(H,30,35)(H,31,36)(H,32,33). The summed E-state index contributed by atoms with van der Waals surface area (Å²) < 4.78 is 117. The molecule has 0 saturated carbocycles. The van der Waals surface area contributed by atoms with Crippen LogP contribution in [-0.2, 0) is 26.2 Å². The van der Waals surface area contributed by atoms with Crippen molar-refractivity contribution in [2.24, 2.45) is 5.16 Å². The van der Waals surface area contributed by atoms with Gasteiger partial charge in [0.05, 0.1) is 17.8 Å². The lowest BCUT2D eigenvalue weighted by molar-refractivity contribution is -0.277. The number of nitrogens with one attached hydrogen (secondary N) is 3. The van der Waals surface area contributed by atoms with Gasteiger partial charge in [0.2, 0.25) is 11.8 Å². The molecular formula is C20H16F9N5O3. The Bertz CT molecular complexity index is 1220. The molecule has 2 amide bonds. The molecule has 0 aliphatic carbocycles. The lowest BCUT2D eigenvalue weighted by atomic mass is 9.89. The van der Waals surface area contributed by atoms with Gasteiger partial charge in [-0.25, -0.2) is 0 Å². The molecule has 1 atom stereocenters. The Kier molecular flexibility index (Phi) is 7.20. The minimum absolute atomic E-state index is 0.0834. The van der Waals surface area contributed by atoms with E-state index >= 15 is 0 Å². The van der Waals surface area contributed by atoms with Crippen LogP contribution >= 0.6 is 0 Å². The van der Waals surface area contributed by atoms with Crippen molar-refractivity contribution in [2.45, 2.75) is 43.9 Å². The summed E-state index contributed by atoms with van der Waals surface area (Å²) in [4.78, 5) is 28.0. The number of rotatable bonds is 6. The summed E-state index contributed by atoms with van der Waals surface area (Å²) in [5, 5.41) is 11.8. The highest BCUT2D eigenvalue weighted by molar-refractivity contribution is 6.05. The summed E-state index contributed by atoms with van der Waals surface area (Å²) >= 11 is 0. The van der Waals surface area contributed by atoms with Crippen LogP contribution in [0.4, 0.5) is 45.2 Å². The maximum atomic E-state index is 13.9. The normalized spacial score (nSPS) is 18.3. The molecule has 0 radical (unpaired) electrons. The summed E-state index contributed by atoms with van der Waals surface area (Å²) in [5.74, 6) is -2.13. The topological polar surface area (TPSA) is 108 Å². The van der Waals surface area contributed by atoms with Crippen molar-refractivity contribution < 1.29 is 53.9 Å². The molecule has 3 N–H and O–H groups in total. The summed E-state index contributed by atoms with van der Waals surface area (Å²) in [6.07, 6.45) is -16.8. The van der Waals surface area contributed by atoms with Gasteiger partial charge in [-0.2, -0.15) is 44.6 Å². The van der Waals surface area contributed by atoms with E-state index in [4.69, 9.17) is 0 Å². The number of oxime groups is 1. The van der Waals surface area contributed by atoms with Crippen LogP contribution in [0.5, 0.6) is 0 Å². The van der Waals surface area contributed by atoms with Crippen LogP contribution in [0, 0.1) is 6.92 Å². The van der Waals surface area contributed by atoms with Crippen molar-refractivity contribution in [1.29, 1.82) is 0 Å². The predicted octanol–water partition coefficient (Wildman–Crippen LogP) is 4.33. The molecule has 0 bridgehead atoms. The van der Waals surface area contributed by atoms with E-state index in [-0.39, 0.29) is 28.6 Å². The van der Waals surface area contributed by atoms with Crippen LogP contribution in [0.1, 0.15) is 35.4 Å². The van der Waals surface area contributed by atoms with Crippen molar-refractivity contribution in [3.8, 4) is 0 Å². The Balaban J connectivity index is 1.73. The van der Waals surface area contributed by atoms with Gasteiger partial charge in [-0.3, -0.25) is 14.7 Å². The van der Waals surface area contributed by atoms with Crippen molar-refractivity contribution in [3.05, 3.63) is 46.8 Å². The number of nitrogens with zero attached hydrogens (tertiary/aromatic N) is 2. The summed E-state index contributed by atoms with van der Waals surface area (Å²) in [7, 11) is 0. The first-order valence-electron chi connectivity index (χ1n) is 10.1. The number of carbonyl (C=O) groups excluding carboxylic acids is 2. The average Bonchev–Trinajstić information content (AvgIpc) is 3.41. The zero-order chi connectivity index (χ0) is 27.8. The second kappa shape index (κ2) is 9.59. The van der Waals surface area contributed by atoms with Gasteiger partial charge < -0.3 is 15.5 Å². The van der Waals surface area contributed by atoms with Gasteiger partial charge in [0.15, 0.2) is 5.69 Å². The number of hydrogen-bond acceptors (Lipinski definition) is 5. The average molecular weight is 545 g/mol. The van der Waals surface area contributed by atoms with Gasteiger partial charge in [0, 0.05) is 5.69 Å². The maximum absolute atomic E-state index is 13.9.